The minimum atomic E-state index is -0.419. The molecule has 3 aliphatic rings. The summed E-state index contributed by atoms with van der Waals surface area (Å²) in [5.41, 5.74) is 0.697. The lowest BCUT2D eigenvalue weighted by molar-refractivity contribution is -0.144. The second kappa shape index (κ2) is 6.55. The van der Waals surface area contributed by atoms with Gasteiger partial charge in [-0.1, -0.05) is 18.6 Å². The Labute approximate surface area is 151 Å². The average molecular weight is 355 g/mol. The summed E-state index contributed by atoms with van der Waals surface area (Å²) in [6, 6.07) is 6.61. The van der Waals surface area contributed by atoms with Crippen molar-refractivity contribution in [2.45, 2.75) is 19.3 Å². The van der Waals surface area contributed by atoms with Crippen LogP contribution in [0.15, 0.2) is 24.3 Å². The lowest BCUT2D eigenvalue weighted by atomic mass is 9.84. The molecule has 4 amide bonds. The second-order valence-electron chi connectivity index (χ2n) is 7.08. The van der Waals surface area contributed by atoms with Crippen LogP contribution in [-0.4, -0.2) is 71.1 Å². The number of hydrogen-bond acceptors (Lipinski definition) is 4. The standard InChI is InChI=1S/C19H21N3O4/c23-16(12-22-18(25)14-6-1-2-7-15(14)19(22)26)20-8-10-21(11-9-20)17(24)13-4-3-5-13/h1-2,6-7,13H,3-5,8-12H2. The number of carbonyl (C=O) groups excluding carboxylic acids is 4. The molecule has 0 N–H and O–H groups in total. The highest BCUT2D eigenvalue weighted by molar-refractivity contribution is 6.22. The van der Waals surface area contributed by atoms with Gasteiger partial charge in [-0.25, -0.2) is 0 Å². The van der Waals surface area contributed by atoms with Gasteiger partial charge in [0.2, 0.25) is 11.8 Å². The van der Waals surface area contributed by atoms with E-state index >= 15 is 0 Å². The number of benzene rings is 1. The van der Waals surface area contributed by atoms with Crippen LogP contribution in [0.4, 0.5) is 0 Å². The summed E-state index contributed by atoms with van der Waals surface area (Å²) < 4.78 is 0. The van der Waals surface area contributed by atoms with Gasteiger partial charge >= 0.3 is 0 Å². The Morgan fingerprint density at radius 2 is 1.42 bits per heavy atom. The minimum absolute atomic E-state index is 0.163. The van der Waals surface area contributed by atoms with Gasteiger partial charge in [-0.15, -0.1) is 0 Å². The van der Waals surface area contributed by atoms with E-state index in [1.165, 1.54) is 0 Å². The number of hydrogen-bond donors (Lipinski definition) is 0. The van der Waals surface area contributed by atoms with Crippen LogP contribution in [0.3, 0.4) is 0 Å². The van der Waals surface area contributed by atoms with E-state index in [1.807, 2.05) is 4.90 Å². The molecule has 0 radical (unpaired) electrons. The molecular weight excluding hydrogens is 334 g/mol. The van der Waals surface area contributed by atoms with Crippen LogP contribution >= 0.6 is 0 Å². The highest BCUT2D eigenvalue weighted by Crippen LogP contribution is 2.28. The van der Waals surface area contributed by atoms with Crippen LogP contribution in [-0.2, 0) is 9.59 Å². The Morgan fingerprint density at radius 1 is 0.885 bits per heavy atom. The number of rotatable bonds is 3. The lowest BCUT2D eigenvalue weighted by Gasteiger charge is -2.38. The number of fused-ring (bicyclic) bond motifs is 1. The van der Waals surface area contributed by atoms with Crippen molar-refractivity contribution in [1.29, 1.82) is 0 Å². The molecule has 1 saturated carbocycles. The molecule has 26 heavy (non-hydrogen) atoms. The SMILES string of the molecule is O=C(CN1C(=O)c2ccccc2C1=O)N1CCN(C(=O)C2CCC2)CC1. The van der Waals surface area contributed by atoms with Crippen LogP contribution in [0.25, 0.3) is 0 Å². The predicted molar refractivity (Wildman–Crippen MR) is 92.3 cm³/mol. The molecule has 0 atom stereocenters. The molecule has 2 fully saturated rings. The summed E-state index contributed by atoms with van der Waals surface area (Å²) in [6.07, 6.45) is 3.06. The third-order valence-electron chi connectivity index (χ3n) is 5.57. The number of amides is 4. The maximum absolute atomic E-state index is 12.6. The topological polar surface area (TPSA) is 78.0 Å². The highest BCUT2D eigenvalue weighted by Gasteiger charge is 2.38. The maximum Gasteiger partial charge on any atom is 0.262 e. The van der Waals surface area contributed by atoms with E-state index < -0.39 is 11.8 Å². The van der Waals surface area contributed by atoms with Gasteiger partial charge in [-0.3, -0.25) is 24.1 Å². The fraction of sp³-hybridized carbons (Fsp3) is 0.474. The van der Waals surface area contributed by atoms with E-state index in [0.717, 1.165) is 24.2 Å². The first-order valence-electron chi connectivity index (χ1n) is 9.08. The first kappa shape index (κ1) is 16.8. The minimum Gasteiger partial charge on any atom is -0.339 e. The van der Waals surface area contributed by atoms with Crippen molar-refractivity contribution in [3.05, 3.63) is 35.4 Å². The average Bonchev–Trinajstić information content (AvgIpc) is 2.86. The Bertz CT molecular complexity index is 744. The number of carbonyl (C=O) groups is 4. The molecule has 7 nitrogen and oxygen atoms in total. The van der Waals surface area contributed by atoms with Crippen LogP contribution < -0.4 is 0 Å². The van der Waals surface area contributed by atoms with Crippen molar-refractivity contribution >= 4 is 23.6 Å². The Hall–Kier alpha value is -2.70. The summed E-state index contributed by atoms with van der Waals surface area (Å²) in [6.45, 7) is 1.68. The molecule has 2 heterocycles. The van der Waals surface area contributed by atoms with Crippen molar-refractivity contribution in [2.75, 3.05) is 32.7 Å². The zero-order chi connectivity index (χ0) is 18.3. The molecule has 136 valence electrons. The predicted octanol–water partition coefficient (Wildman–Crippen LogP) is 0.754. The third kappa shape index (κ3) is 2.77. The largest absolute Gasteiger partial charge is 0.339 e. The quantitative estimate of drug-likeness (QED) is 0.750. The first-order chi connectivity index (χ1) is 12.6. The molecular formula is C19H21N3O4. The number of imide groups is 1. The Balaban J connectivity index is 1.34. The molecule has 2 aliphatic heterocycles. The van der Waals surface area contributed by atoms with Crippen molar-refractivity contribution in [2.24, 2.45) is 5.92 Å². The van der Waals surface area contributed by atoms with E-state index in [9.17, 15) is 19.2 Å². The van der Waals surface area contributed by atoms with Crippen LogP contribution in [0.1, 0.15) is 40.0 Å². The van der Waals surface area contributed by atoms with Crippen LogP contribution in [0, 0.1) is 5.92 Å². The van der Waals surface area contributed by atoms with Gasteiger partial charge in [0.15, 0.2) is 0 Å². The van der Waals surface area contributed by atoms with E-state index in [0.29, 0.717) is 37.3 Å². The molecule has 4 rings (SSSR count). The molecule has 7 heteroatoms. The molecule has 1 aromatic carbocycles. The van der Waals surface area contributed by atoms with Gasteiger partial charge in [0.05, 0.1) is 11.1 Å². The van der Waals surface area contributed by atoms with Gasteiger partial charge in [0.25, 0.3) is 11.8 Å². The van der Waals surface area contributed by atoms with Gasteiger partial charge in [0.1, 0.15) is 6.54 Å². The first-order valence-corrected chi connectivity index (χ1v) is 9.08. The zero-order valence-electron chi connectivity index (χ0n) is 14.5. The van der Waals surface area contributed by atoms with E-state index in [4.69, 9.17) is 0 Å². The Morgan fingerprint density at radius 3 is 1.92 bits per heavy atom. The van der Waals surface area contributed by atoms with Crippen molar-refractivity contribution in [1.82, 2.24) is 14.7 Å². The second-order valence-corrected chi connectivity index (χ2v) is 7.08. The van der Waals surface area contributed by atoms with Crippen LogP contribution in [0.5, 0.6) is 0 Å². The highest BCUT2D eigenvalue weighted by atomic mass is 16.2. The normalized spacial score (nSPS) is 20.2. The fourth-order valence-corrected chi connectivity index (χ4v) is 3.71. The van der Waals surface area contributed by atoms with Crippen LogP contribution in [0.2, 0.25) is 0 Å². The summed E-state index contributed by atoms with van der Waals surface area (Å²) in [7, 11) is 0. The maximum atomic E-state index is 12.6. The zero-order valence-corrected chi connectivity index (χ0v) is 14.5. The van der Waals surface area contributed by atoms with Gasteiger partial charge in [-0.05, 0) is 25.0 Å². The number of nitrogens with zero attached hydrogens (tertiary/aromatic N) is 3. The molecule has 0 unspecified atom stereocenters. The molecule has 1 saturated heterocycles. The van der Waals surface area contributed by atoms with E-state index in [1.54, 1.807) is 29.2 Å². The summed E-state index contributed by atoms with van der Waals surface area (Å²) in [5.74, 6) is -0.731. The van der Waals surface area contributed by atoms with Crippen molar-refractivity contribution < 1.29 is 19.2 Å². The molecule has 1 aromatic rings. The molecule has 1 aliphatic carbocycles. The van der Waals surface area contributed by atoms with E-state index in [2.05, 4.69) is 0 Å². The van der Waals surface area contributed by atoms with Crippen molar-refractivity contribution in [3.8, 4) is 0 Å². The molecule has 0 aromatic heterocycles. The smallest absolute Gasteiger partial charge is 0.262 e. The van der Waals surface area contributed by atoms with Gasteiger partial charge in [-0.2, -0.15) is 0 Å². The molecule has 0 bridgehead atoms. The summed E-state index contributed by atoms with van der Waals surface area (Å²) >= 11 is 0. The van der Waals surface area contributed by atoms with Gasteiger partial charge < -0.3 is 9.80 Å². The van der Waals surface area contributed by atoms with E-state index in [-0.39, 0.29) is 24.3 Å². The lowest BCUT2D eigenvalue weighted by Crippen LogP contribution is -2.54. The summed E-state index contributed by atoms with van der Waals surface area (Å²) in [4.78, 5) is 54.0. The van der Waals surface area contributed by atoms with Gasteiger partial charge in [0, 0.05) is 32.1 Å². The van der Waals surface area contributed by atoms with Crippen molar-refractivity contribution in [3.63, 3.8) is 0 Å². The monoisotopic (exact) mass is 355 g/mol. The number of piperazine rings is 1. The fourth-order valence-electron chi connectivity index (χ4n) is 3.71. The molecule has 0 spiro atoms. The third-order valence-corrected chi connectivity index (χ3v) is 5.57. The Kier molecular flexibility index (Phi) is 4.22. The summed E-state index contributed by atoms with van der Waals surface area (Å²) in [5, 5.41) is 0.